The molecule has 2 aliphatic rings. The fourth-order valence-corrected chi connectivity index (χ4v) is 6.67. The molecule has 9 nitrogen and oxygen atoms in total. The molecule has 3 rings (SSSR count). The number of ether oxygens (including phenoxy) is 1. The van der Waals surface area contributed by atoms with Gasteiger partial charge in [-0.2, -0.15) is 0 Å². The highest BCUT2D eigenvalue weighted by molar-refractivity contribution is 7.99. The van der Waals surface area contributed by atoms with E-state index < -0.39 is 20.6 Å². The number of thioether (sulfide) groups is 1. The van der Waals surface area contributed by atoms with Crippen LogP contribution in [0.25, 0.3) is 0 Å². The van der Waals surface area contributed by atoms with Crippen molar-refractivity contribution in [3.8, 4) is 0 Å². The van der Waals surface area contributed by atoms with Crippen LogP contribution in [0.15, 0.2) is 47.4 Å². The van der Waals surface area contributed by atoms with E-state index in [0.29, 0.717) is 45.1 Å². The van der Waals surface area contributed by atoms with Crippen LogP contribution in [0.5, 0.6) is 0 Å². The highest BCUT2D eigenvalue weighted by atomic mass is 32.2. The van der Waals surface area contributed by atoms with E-state index in [0.717, 1.165) is 4.90 Å². The van der Waals surface area contributed by atoms with Gasteiger partial charge in [-0.1, -0.05) is 37.3 Å². The summed E-state index contributed by atoms with van der Waals surface area (Å²) in [6, 6.07) is 9.64. The van der Waals surface area contributed by atoms with Crippen LogP contribution in [0.4, 0.5) is 0 Å². The Balaban J connectivity index is 2.00. The summed E-state index contributed by atoms with van der Waals surface area (Å²) in [4.78, 5) is 14.9. The van der Waals surface area contributed by atoms with Gasteiger partial charge in [-0.3, -0.25) is 15.0 Å². The number of nitrogens with two attached hydrogens (primary N) is 1. The van der Waals surface area contributed by atoms with Gasteiger partial charge in [0.1, 0.15) is 0 Å². The first-order valence-electron chi connectivity index (χ1n) is 10.4. The fourth-order valence-electron chi connectivity index (χ4n) is 4.34. The number of hydrogen-bond acceptors (Lipinski definition) is 8. The van der Waals surface area contributed by atoms with E-state index in [9.17, 15) is 18.5 Å². The number of benzene rings is 1. The first-order chi connectivity index (χ1) is 14.7. The van der Waals surface area contributed by atoms with Crippen LogP contribution in [0.1, 0.15) is 26.2 Å². The van der Waals surface area contributed by atoms with Crippen LogP contribution in [0.3, 0.4) is 0 Å². The second-order valence-corrected chi connectivity index (χ2v) is 10.7. The van der Waals surface area contributed by atoms with Gasteiger partial charge >= 0.3 is 0 Å². The third-order valence-corrected chi connectivity index (χ3v) is 8.52. The number of rotatable bonds is 9. The Morgan fingerprint density at radius 3 is 2.55 bits per heavy atom. The van der Waals surface area contributed by atoms with Crippen molar-refractivity contribution >= 4 is 21.8 Å². The minimum atomic E-state index is -4.19. The lowest BCUT2D eigenvalue weighted by atomic mass is 9.87. The number of nitrogens with zero attached hydrogens (tertiary/aromatic N) is 3. The highest BCUT2D eigenvalue weighted by Gasteiger charge is 2.61. The summed E-state index contributed by atoms with van der Waals surface area (Å²) in [5.74, 6) is 0.343. The maximum atomic E-state index is 13.0. The van der Waals surface area contributed by atoms with Gasteiger partial charge < -0.3 is 4.74 Å². The van der Waals surface area contributed by atoms with E-state index in [1.165, 1.54) is 11.8 Å². The van der Waals surface area contributed by atoms with E-state index in [-0.39, 0.29) is 17.8 Å². The molecule has 1 saturated heterocycles. The summed E-state index contributed by atoms with van der Waals surface area (Å²) in [5, 5.41) is 18.2. The molecular formula is C20H30N4O5S2. The van der Waals surface area contributed by atoms with Gasteiger partial charge in [0, 0.05) is 29.5 Å². The second-order valence-electron chi connectivity index (χ2n) is 7.86. The average Bonchev–Trinajstić information content (AvgIpc) is 2.77. The summed E-state index contributed by atoms with van der Waals surface area (Å²) in [6.45, 7) is 3.91. The molecule has 1 aromatic rings. The Morgan fingerprint density at radius 2 is 1.97 bits per heavy atom. The topological polar surface area (TPSA) is 119 Å². The molecule has 1 aliphatic carbocycles. The monoisotopic (exact) mass is 470 g/mol. The quantitative estimate of drug-likeness (QED) is 0.192. The van der Waals surface area contributed by atoms with Gasteiger partial charge in [-0.05, 0) is 18.6 Å². The van der Waals surface area contributed by atoms with Crippen molar-refractivity contribution in [2.45, 2.75) is 41.6 Å². The van der Waals surface area contributed by atoms with Crippen molar-refractivity contribution in [3.05, 3.63) is 52.6 Å². The Kier molecular flexibility index (Phi) is 7.76. The van der Waals surface area contributed by atoms with Crippen LogP contribution in [-0.2, 0) is 14.8 Å². The molecule has 0 aromatic heterocycles. The summed E-state index contributed by atoms with van der Waals surface area (Å²) >= 11 is 1.49. The molecule has 31 heavy (non-hydrogen) atoms. The van der Waals surface area contributed by atoms with Crippen LogP contribution in [-0.4, -0.2) is 72.4 Å². The minimum absolute atomic E-state index is 0.128. The van der Waals surface area contributed by atoms with Crippen molar-refractivity contribution in [1.29, 1.82) is 0 Å². The lowest BCUT2D eigenvalue weighted by Gasteiger charge is -2.48. The number of primary sulfonamides is 1. The molecule has 0 spiro atoms. The van der Waals surface area contributed by atoms with Crippen molar-refractivity contribution in [3.63, 3.8) is 0 Å². The average molecular weight is 471 g/mol. The predicted molar refractivity (Wildman–Crippen MR) is 120 cm³/mol. The summed E-state index contributed by atoms with van der Waals surface area (Å²) in [7, 11) is -4.19. The van der Waals surface area contributed by atoms with Crippen molar-refractivity contribution < 1.29 is 18.1 Å². The zero-order valence-electron chi connectivity index (χ0n) is 17.7. The zero-order valence-corrected chi connectivity index (χ0v) is 19.3. The Hall–Kier alpha value is -1.50. The SMILES string of the molecule is CCCN(CSc1ccccc1)[C@]1(S(N)(=O)=O)C=CCC(N2CCOCC2)([N+](=O)[O-])C1. The molecule has 11 heteroatoms. The summed E-state index contributed by atoms with van der Waals surface area (Å²) in [5.41, 5.74) is -1.55. The van der Waals surface area contributed by atoms with E-state index >= 15 is 0 Å². The summed E-state index contributed by atoms with van der Waals surface area (Å²) in [6.07, 6.45) is 3.76. The molecule has 1 heterocycles. The number of morpholine rings is 1. The normalized spacial score (nSPS) is 27.5. The number of nitro groups is 1. The molecule has 172 valence electrons. The van der Waals surface area contributed by atoms with Gasteiger partial charge in [-0.25, -0.2) is 18.5 Å². The molecule has 1 fully saturated rings. The van der Waals surface area contributed by atoms with Crippen molar-refractivity contribution in [1.82, 2.24) is 9.80 Å². The Labute approximate surface area is 187 Å². The Bertz CT molecular complexity index is 892. The van der Waals surface area contributed by atoms with Crippen molar-refractivity contribution in [2.24, 2.45) is 5.14 Å². The third-order valence-electron chi connectivity index (χ3n) is 5.95. The molecule has 0 saturated carbocycles. The molecule has 0 radical (unpaired) electrons. The fraction of sp³-hybridized carbons (Fsp3) is 0.600. The summed E-state index contributed by atoms with van der Waals surface area (Å²) < 4.78 is 31.4. The molecule has 2 atom stereocenters. The van der Waals surface area contributed by atoms with Crippen LogP contribution in [0.2, 0.25) is 0 Å². The molecule has 0 amide bonds. The van der Waals surface area contributed by atoms with Gasteiger partial charge in [0.05, 0.1) is 31.9 Å². The minimum Gasteiger partial charge on any atom is -0.379 e. The maximum Gasteiger partial charge on any atom is 0.284 e. The van der Waals surface area contributed by atoms with Gasteiger partial charge in [0.25, 0.3) is 5.66 Å². The largest absolute Gasteiger partial charge is 0.379 e. The third kappa shape index (κ3) is 4.96. The van der Waals surface area contributed by atoms with Gasteiger partial charge in [0.2, 0.25) is 10.0 Å². The van der Waals surface area contributed by atoms with Crippen LogP contribution < -0.4 is 5.14 Å². The van der Waals surface area contributed by atoms with Crippen LogP contribution in [0, 0.1) is 10.1 Å². The molecule has 1 aromatic carbocycles. The second kappa shape index (κ2) is 9.97. The first-order valence-corrected chi connectivity index (χ1v) is 12.9. The molecular weight excluding hydrogens is 440 g/mol. The first kappa shape index (κ1) is 24.1. The van der Waals surface area contributed by atoms with Crippen molar-refractivity contribution in [2.75, 3.05) is 38.7 Å². The van der Waals surface area contributed by atoms with E-state index in [4.69, 9.17) is 9.88 Å². The highest BCUT2D eigenvalue weighted by Crippen LogP contribution is 2.42. The van der Waals surface area contributed by atoms with Crippen LogP contribution >= 0.6 is 11.8 Å². The lowest BCUT2D eigenvalue weighted by Crippen LogP contribution is -2.67. The number of hydrogen-bond donors (Lipinski definition) is 1. The predicted octanol–water partition coefficient (Wildman–Crippen LogP) is 2.09. The standard InChI is InChI=1S/C20H30N4O5S2/c1-2-11-23(17-30-18-7-4-3-5-8-18)20(31(21,27)28)10-6-9-19(16-20,24(25)26)22-12-14-29-15-13-22/h3-8,10H,2,9,11-17H2,1H3,(H2,21,27,28)/t19?,20-/m0/s1. The molecule has 1 aliphatic heterocycles. The van der Waals surface area contributed by atoms with E-state index in [1.807, 2.05) is 37.3 Å². The van der Waals surface area contributed by atoms with E-state index in [2.05, 4.69) is 0 Å². The number of sulfonamides is 1. The van der Waals surface area contributed by atoms with E-state index in [1.54, 1.807) is 22.0 Å². The Morgan fingerprint density at radius 1 is 1.29 bits per heavy atom. The molecule has 2 N–H and O–H groups in total. The molecule has 1 unspecified atom stereocenters. The van der Waals surface area contributed by atoms with Gasteiger partial charge in [-0.15, -0.1) is 11.8 Å². The van der Waals surface area contributed by atoms with Gasteiger partial charge in [0.15, 0.2) is 4.87 Å². The maximum absolute atomic E-state index is 13.0. The lowest BCUT2D eigenvalue weighted by molar-refractivity contribution is -0.606. The molecule has 0 bridgehead atoms. The smallest absolute Gasteiger partial charge is 0.284 e. The zero-order chi connectivity index (χ0) is 22.5.